The van der Waals surface area contributed by atoms with Crippen molar-refractivity contribution >= 4 is 34.5 Å². The number of nitrogens with zero attached hydrogens (tertiary/aromatic N) is 1. The predicted molar refractivity (Wildman–Crippen MR) is 119 cm³/mol. The molecule has 14 heteroatoms. The zero-order valence-corrected chi connectivity index (χ0v) is 19.0. The van der Waals surface area contributed by atoms with Crippen LogP contribution in [-0.4, -0.2) is 71.0 Å². The van der Waals surface area contributed by atoms with Crippen molar-refractivity contribution in [2.75, 3.05) is 20.8 Å². The number of rotatable bonds is 8. The summed E-state index contributed by atoms with van der Waals surface area (Å²) in [5, 5.41) is 25.9. The van der Waals surface area contributed by atoms with Crippen molar-refractivity contribution in [1.82, 2.24) is 4.98 Å². The van der Waals surface area contributed by atoms with Gasteiger partial charge in [-0.05, 0) is 24.3 Å². The third kappa shape index (κ3) is 7.06. The lowest BCUT2D eigenvalue weighted by atomic mass is 9.99. The molecule has 0 aliphatic carbocycles. The van der Waals surface area contributed by atoms with Gasteiger partial charge in [0.2, 0.25) is 5.78 Å². The van der Waals surface area contributed by atoms with E-state index in [1.165, 1.54) is 44.6 Å². The van der Waals surface area contributed by atoms with Gasteiger partial charge in [0.05, 0.1) is 19.8 Å². The van der Waals surface area contributed by atoms with E-state index in [9.17, 15) is 32.7 Å². The number of ether oxygens (including phenoxy) is 3. The van der Waals surface area contributed by atoms with Gasteiger partial charge in [-0.2, -0.15) is 13.2 Å². The number of carboxylic acid groups (broad SMARTS) is 3. The molecule has 0 saturated heterocycles. The summed E-state index contributed by atoms with van der Waals surface area (Å²) in [7, 11) is 2.84. The maximum Gasteiger partial charge on any atom is 0.490 e. The lowest BCUT2D eigenvalue weighted by Crippen LogP contribution is -2.21. The van der Waals surface area contributed by atoms with Gasteiger partial charge in [0.25, 0.3) is 0 Å². The molecule has 0 aliphatic rings. The summed E-state index contributed by atoms with van der Waals surface area (Å²) in [6.45, 7) is -0.552. The van der Waals surface area contributed by atoms with Gasteiger partial charge in [0, 0.05) is 22.5 Å². The molecule has 2 aromatic carbocycles. The first-order chi connectivity index (χ1) is 17.3. The summed E-state index contributed by atoms with van der Waals surface area (Å²) in [6.07, 6.45) is -3.98. The molecule has 3 N–H and O–H groups in total. The van der Waals surface area contributed by atoms with Gasteiger partial charge in [-0.3, -0.25) is 9.78 Å². The SMILES string of the molecule is COc1cc2c(C(=O)O)cnc(C(=O)c3cccc(OCC(=O)O)c3)c2cc1OC.O=C(O)C(F)(F)F. The van der Waals surface area contributed by atoms with Gasteiger partial charge in [0.15, 0.2) is 18.1 Å². The van der Waals surface area contributed by atoms with Gasteiger partial charge < -0.3 is 29.5 Å². The molecule has 3 aromatic rings. The van der Waals surface area contributed by atoms with Crippen molar-refractivity contribution in [3.63, 3.8) is 0 Å². The van der Waals surface area contributed by atoms with Crippen LogP contribution in [0.25, 0.3) is 10.8 Å². The molecule has 0 amide bonds. The minimum atomic E-state index is -5.08. The molecule has 0 atom stereocenters. The van der Waals surface area contributed by atoms with Crippen LogP contribution in [0, 0.1) is 0 Å². The Morgan fingerprint density at radius 1 is 0.919 bits per heavy atom. The van der Waals surface area contributed by atoms with Crippen molar-refractivity contribution in [3.8, 4) is 17.2 Å². The number of ketones is 1. The van der Waals surface area contributed by atoms with Crippen molar-refractivity contribution in [2.24, 2.45) is 0 Å². The number of methoxy groups -OCH3 is 2. The second kappa shape index (κ2) is 11.7. The fourth-order valence-electron chi connectivity index (χ4n) is 2.93. The third-order valence-corrected chi connectivity index (χ3v) is 4.54. The zero-order chi connectivity index (χ0) is 27.9. The smallest absolute Gasteiger partial charge is 0.490 e. The molecule has 1 aromatic heterocycles. The average molecular weight is 525 g/mol. The molecule has 0 unspecified atom stereocenters. The lowest BCUT2D eigenvalue weighted by molar-refractivity contribution is -0.192. The molecule has 0 fully saturated rings. The fraction of sp³-hybridized carbons (Fsp3) is 0.174. The van der Waals surface area contributed by atoms with E-state index in [0.29, 0.717) is 11.5 Å². The van der Waals surface area contributed by atoms with Crippen molar-refractivity contribution in [2.45, 2.75) is 6.18 Å². The van der Waals surface area contributed by atoms with E-state index in [1.807, 2.05) is 0 Å². The number of aromatic nitrogens is 1. The number of hydrogen-bond donors (Lipinski definition) is 3. The molecular weight excluding hydrogens is 507 g/mol. The Balaban J connectivity index is 0.000000604. The van der Waals surface area contributed by atoms with Crippen LogP contribution in [0.4, 0.5) is 13.2 Å². The molecule has 1 heterocycles. The Morgan fingerprint density at radius 2 is 1.49 bits per heavy atom. The van der Waals surface area contributed by atoms with Gasteiger partial charge in [-0.25, -0.2) is 14.4 Å². The number of hydrogen-bond acceptors (Lipinski definition) is 8. The highest BCUT2D eigenvalue weighted by Crippen LogP contribution is 2.35. The molecule has 0 bridgehead atoms. The molecule has 0 radical (unpaired) electrons. The van der Waals surface area contributed by atoms with E-state index in [1.54, 1.807) is 6.07 Å². The summed E-state index contributed by atoms with van der Waals surface area (Å²) >= 11 is 0. The Morgan fingerprint density at radius 3 is 1.97 bits per heavy atom. The number of aliphatic carboxylic acids is 2. The summed E-state index contributed by atoms with van der Waals surface area (Å²) < 4.78 is 47.4. The second-order valence-electron chi connectivity index (χ2n) is 6.92. The van der Waals surface area contributed by atoms with Crippen LogP contribution >= 0.6 is 0 Å². The van der Waals surface area contributed by atoms with Crippen LogP contribution in [0.15, 0.2) is 42.6 Å². The second-order valence-corrected chi connectivity index (χ2v) is 6.92. The van der Waals surface area contributed by atoms with E-state index < -0.39 is 36.5 Å². The molecule has 0 spiro atoms. The Hall–Kier alpha value is -4.88. The number of benzene rings is 2. The molecule has 0 saturated carbocycles. The normalized spacial score (nSPS) is 10.6. The maximum atomic E-state index is 13.1. The fourth-order valence-corrected chi connectivity index (χ4v) is 2.93. The van der Waals surface area contributed by atoms with Crippen molar-refractivity contribution < 1.29 is 61.9 Å². The molecular formula is C23H18F3NO10. The quantitative estimate of drug-likeness (QED) is 0.369. The van der Waals surface area contributed by atoms with Crippen LogP contribution in [0.3, 0.4) is 0 Å². The van der Waals surface area contributed by atoms with Crippen LogP contribution in [0.1, 0.15) is 26.4 Å². The minimum absolute atomic E-state index is 0.00587. The molecule has 11 nitrogen and oxygen atoms in total. The maximum absolute atomic E-state index is 13.1. The minimum Gasteiger partial charge on any atom is -0.493 e. The average Bonchev–Trinajstić information content (AvgIpc) is 2.85. The monoisotopic (exact) mass is 525 g/mol. The molecule has 0 aliphatic heterocycles. The van der Waals surface area contributed by atoms with Crippen molar-refractivity contribution in [3.05, 3.63) is 59.4 Å². The number of alkyl halides is 3. The first-order valence-electron chi connectivity index (χ1n) is 9.87. The highest BCUT2D eigenvalue weighted by atomic mass is 19.4. The number of carbonyl (C=O) groups is 4. The van der Waals surface area contributed by atoms with E-state index in [0.717, 1.165) is 6.20 Å². The highest BCUT2D eigenvalue weighted by molar-refractivity contribution is 6.18. The number of halogens is 3. The number of carboxylic acids is 3. The topological polar surface area (TPSA) is 170 Å². The zero-order valence-electron chi connectivity index (χ0n) is 19.0. The van der Waals surface area contributed by atoms with Crippen LogP contribution in [0.5, 0.6) is 17.2 Å². The first kappa shape index (κ1) is 28.4. The molecule has 3 rings (SSSR count). The Kier molecular flexibility index (Phi) is 8.97. The van der Waals surface area contributed by atoms with E-state index in [2.05, 4.69) is 4.98 Å². The van der Waals surface area contributed by atoms with Crippen LogP contribution in [0.2, 0.25) is 0 Å². The van der Waals surface area contributed by atoms with E-state index >= 15 is 0 Å². The number of carbonyl (C=O) groups excluding carboxylic acids is 1. The van der Waals surface area contributed by atoms with Gasteiger partial charge in [-0.15, -0.1) is 0 Å². The number of pyridine rings is 1. The Labute approximate surface area is 205 Å². The number of aromatic carboxylic acids is 1. The summed E-state index contributed by atoms with van der Waals surface area (Å²) in [5.74, 6) is -4.79. The highest BCUT2D eigenvalue weighted by Gasteiger charge is 2.38. The van der Waals surface area contributed by atoms with Crippen molar-refractivity contribution in [1.29, 1.82) is 0 Å². The summed E-state index contributed by atoms with van der Waals surface area (Å²) in [4.78, 5) is 48.4. The van der Waals surface area contributed by atoms with Gasteiger partial charge in [0.1, 0.15) is 11.4 Å². The number of fused-ring (bicyclic) bond motifs is 1. The third-order valence-electron chi connectivity index (χ3n) is 4.54. The van der Waals surface area contributed by atoms with Gasteiger partial charge in [-0.1, -0.05) is 12.1 Å². The van der Waals surface area contributed by atoms with Crippen LogP contribution < -0.4 is 14.2 Å². The van der Waals surface area contributed by atoms with Gasteiger partial charge >= 0.3 is 24.1 Å². The first-order valence-corrected chi connectivity index (χ1v) is 9.87. The van der Waals surface area contributed by atoms with E-state index in [4.69, 9.17) is 29.2 Å². The van der Waals surface area contributed by atoms with E-state index in [-0.39, 0.29) is 33.3 Å². The molecule has 37 heavy (non-hydrogen) atoms. The standard InChI is InChI=1S/C21H17NO8.C2HF3O2/c1-28-16-7-13-14(8-17(16)29-2)19(22-9-15(13)21(26)27)20(25)11-4-3-5-12(6-11)30-10-18(23)24;3-2(4,5)1(6)7/h3-9H,10H2,1-2H3,(H,23,24)(H,26,27);(H,6,7). The summed E-state index contributed by atoms with van der Waals surface area (Å²) in [5.41, 5.74) is 0.108. The lowest BCUT2D eigenvalue weighted by Gasteiger charge is -2.13. The summed E-state index contributed by atoms with van der Waals surface area (Å²) in [6, 6.07) is 8.95. The predicted octanol–water partition coefficient (Wildman–Crippen LogP) is 3.28. The molecule has 196 valence electrons. The Bertz CT molecular complexity index is 1350. The van der Waals surface area contributed by atoms with Crippen LogP contribution in [-0.2, 0) is 9.59 Å². The largest absolute Gasteiger partial charge is 0.493 e.